The lowest BCUT2D eigenvalue weighted by Gasteiger charge is -2.18. The Hall–Kier alpha value is -0.0900. The van der Waals surface area contributed by atoms with Crippen molar-refractivity contribution < 1.29 is 4.58 Å². The zero-order valence-electron chi connectivity index (χ0n) is 9.58. The van der Waals surface area contributed by atoms with E-state index in [0.717, 1.165) is 32.0 Å². The predicted molar refractivity (Wildman–Crippen MR) is 70.9 cm³/mol. The third-order valence-electron chi connectivity index (χ3n) is 2.32. The highest BCUT2D eigenvalue weighted by Crippen LogP contribution is 1.99. The monoisotopic (exact) mass is 233 g/mol. The quantitative estimate of drug-likeness (QED) is 0.255. The van der Waals surface area contributed by atoms with E-state index in [4.69, 9.17) is 12.2 Å². The van der Waals surface area contributed by atoms with Crippen molar-refractivity contribution in [3.05, 3.63) is 0 Å². The van der Waals surface area contributed by atoms with Crippen molar-refractivity contribution in [1.29, 1.82) is 0 Å². The van der Waals surface area contributed by atoms with Gasteiger partial charge < -0.3 is 0 Å². The van der Waals surface area contributed by atoms with Crippen LogP contribution in [-0.4, -0.2) is 45.7 Å². The molecule has 82 valence electrons. The lowest BCUT2D eigenvalue weighted by Crippen LogP contribution is -2.41. The van der Waals surface area contributed by atoms with E-state index in [1.807, 2.05) is 0 Å². The Kier molecular flexibility index (Phi) is 7.19. The van der Waals surface area contributed by atoms with Crippen LogP contribution in [0.2, 0.25) is 0 Å². The third-order valence-corrected chi connectivity index (χ3v) is 2.70. The molecule has 0 aromatic rings. The highest BCUT2D eigenvalue weighted by atomic mass is 32.1. The second-order valence-corrected chi connectivity index (χ2v) is 4.13. The molecule has 0 bridgehead atoms. The molecule has 0 amide bonds. The van der Waals surface area contributed by atoms with E-state index in [-0.39, 0.29) is 0 Å². The van der Waals surface area contributed by atoms with Crippen LogP contribution in [0.3, 0.4) is 0 Å². The molecule has 0 N–H and O–H groups in total. The van der Waals surface area contributed by atoms with E-state index in [0.29, 0.717) is 4.20 Å². The second kappa shape index (κ2) is 7.23. The number of hydrogen-bond donors (Lipinski definition) is 1. The van der Waals surface area contributed by atoms with Crippen molar-refractivity contribution in [3.63, 3.8) is 0 Å². The van der Waals surface area contributed by atoms with Crippen molar-refractivity contribution in [2.24, 2.45) is 0 Å². The molecule has 0 saturated carbocycles. The number of rotatable bonds is 5. The topological polar surface area (TPSA) is 6.25 Å². The standard InChI is InChI=1S/C10H20N2S2/c1-5-11(6-2)9(10(13)14)12(7-3)8-4/h5-8H2,1-4H3/p+1. The van der Waals surface area contributed by atoms with Gasteiger partial charge in [0, 0.05) is 0 Å². The first-order chi connectivity index (χ1) is 6.62. The van der Waals surface area contributed by atoms with Gasteiger partial charge in [-0.15, -0.1) is 12.6 Å². The SMILES string of the molecule is CCN(CC)C(C(=S)S)=[N+](CC)CC. The summed E-state index contributed by atoms with van der Waals surface area (Å²) in [4.78, 5) is 2.25. The van der Waals surface area contributed by atoms with Gasteiger partial charge in [-0.3, -0.25) is 9.48 Å². The minimum absolute atomic E-state index is 0.692. The first-order valence-corrected chi connectivity index (χ1v) is 6.07. The van der Waals surface area contributed by atoms with Gasteiger partial charge in [-0.2, -0.15) is 0 Å². The summed E-state index contributed by atoms with van der Waals surface area (Å²) in [5, 5.41) is 0. The maximum atomic E-state index is 5.18. The Morgan fingerprint density at radius 1 is 1.14 bits per heavy atom. The lowest BCUT2D eigenvalue weighted by molar-refractivity contribution is -0.523. The summed E-state index contributed by atoms with van der Waals surface area (Å²) in [7, 11) is 0. The molecule has 0 rings (SSSR count). The van der Waals surface area contributed by atoms with Crippen LogP contribution < -0.4 is 0 Å². The van der Waals surface area contributed by atoms with Crippen LogP contribution >= 0.6 is 24.8 Å². The van der Waals surface area contributed by atoms with Crippen molar-refractivity contribution in [3.8, 4) is 0 Å². The van der Waals surface area contributed by atoms with E-state index >= 15 is 0 Å². The van der Waals surface area contributed by atoms with Gasteiger partial charge in [0.25, 0.3) is 5.84 Å². The predicted octanol–water partition coefficient (Wildman–Crippen LogP) is 2.04. The van der Waals surface area contributed by atoms with E-state index in [9.17, 15) is 0 Å². The maximum absolute atomic E-state index is 5.18. The summed E-state index contributed by atoms with van der Waals surface area (Å²) >= 11 is 9.48. The van der Waals surface area contributed by atoms with Crippen molar-refractivity contribution in [2.75, 3.05) is 26.2 Å². The molecule has 0 aromatic heterocycles. The normalized spacial score (nSPS) is 9.79. The number of thiol groups is 1. The minimum atomic E-state index is 0.692. The summed E-state index contributed by atoms with van der Waals surface area (Å²) in [6.07, 6.45) is 0. The van der Waals surface area contributed by atoms with Crippen LogP contribution in [0.25, 0.3) is 0 Å². The van der Waals surface area contributed by atoms with Crippen LogP contribution in [0.15, 0.2) is 0 Å². The number of hydrogen-bond acceptors (Lipinski definition) is 1. The fourth-order valence-electron chi connectivity index (χ4n) is 1.52. The first kappa shape index (κ1) is 13.9. The second-order valence-electron chi connectivity index (χ2n) is 2.97. The molecule has 0 spiro atoms. The average molecular weight is 233 g/mol. The molecule has 14 heavy (non-hydrogen) atoms. The highest BCUT2D eigenvalue weighted by molar-refractivity contribution is 8.13. The van der Waals surface area contributed by atoms with Crippen molar-refractivity contribution in [2.45, 2.75) is 27.7 Å². The first-order valence-electron chi connectivity index (χ1n) is 5.22. The number of thiocarbonyl (C=S) groups is 1. The average Bonchev–Trinajstić information content (AvgIpc) is 2.18. The molecule has 0 radical (unpaired) electrons. The van der Waals surface area contributed by atoms with Gasteiger partial charge in [-0.1, -0.05) is 12.2 Å². The third kappa shape index (κ3) is 3.58. The van der Waals surface area contributed by atoms with E-state index in [1.54, 1.807) is 0 Å². The largest absolute Gasteiger partial charge is 0.296 e. The lowest BCUT2D eigenvalue weighted by atomic mass is 10.4. The summed E-state index contributed by atoms with van der Waals surface area (Å²) < 4.78 is 2.94. The van der Waals surface area contributed by atoms with E-state index in [1.165, 1.54) is 0 Å². The molecule has 0 saturated heterocycles. The van der Waals surface area contributed by atoms with Crippen molar-refractivity contribution >= 4 is 34.9 Å². The number of nitrogens with zero attached hydrogens (tertiary/aromatic N) is 2. The van der Waals surface area contributed by atoms with Gasteiger partial charge in [0.15, 0.2) is 4.20 Å². The molecule has 0 atom stereocenters. The molecule has 0 aliphatic carbocycles. The van der Waals surface area contributed by atoms with E-state index < -0.39 is 0 Å². The van der Waals surface area contributed by atoms with Crippen molar-refractivity contribution in [1.82, 2.24) is 4.90 Å². The highest BCUT2D eigenvalue weighted by Gasteiger charge is 2.21. The Morgan fingerprint density at radius 2 is 1.57 bits per heavy atom. The summed E-state index contributed by atoms with van der Waals surface area (Å²) in [5.41, 5.74) is 0. The van der Waals surface area contributed by atoms with Crippen LogP contribution in [0, 0.1) is 0 Å². The summed E-state index contributed by atoms with van der Waals surface area (Å²) in [6, 6.07) is 0. The van der Waals surface area contributed by atoms with Gasteiger partial charge in [0.1, 0.15) is 0 Å². The molecule has 0 aliphatic heterocycles. The maximum Gasteiger partial charge on any atom is 0.296 e. The molecule has 0 aliphatic rings. The molecule has 4 heteroatoms. The molecule has 0 fully saturated rings. The molecule has 2 nitrogen and oxygen atoms in total. The smallest absolute Gasteiger partial charge is 0.261 e. The van der Waals surface area contributed by atoms with Gasteiger partial charge >= 0.3 is 0 Å². The molecular weight excluding hydrogens is 212 g/mol. The van der Waals surface area contributed by atoms with Gasteiger partial charge in [0.2, 0.25) is 0 Å². The van der Waals surface area contributed by atoms with Gasteiger partial charge in [-0.05, 0) is 27.7 Å². The van der Waals surface area contributed by atoms with Crippen LogP contribution in [-0.2, 0) is 0 Å². The molecular formula is C10H21N2S2+. The minimum Gasteiger partial charge on any atom is -0.261 e. The molecule has 0 unspecified atom stereocenters. The fourth-order valence-corrected chi connectivity index (χ4v) is 2.06. The molecule has 0 heterocycles. The van der Waals surface area contributed by atoms with Crippen LogP contribution in [0.4, 0.5) is 0 Å². The van der Waals surface area contributed by atoms with E-state index in [2.05, 4.69) is 49.8 Å². The van der Waals surface area contributed by atoms with Crippen LogP contribution in [0.5, 0.6) is 0 Å². The van der Waals surface area contributed by atoms with Crippen LogP contribution in [0.1, 0.15) is 27.7 Å². The fraction of sp³-hybridized carbons (Fsp3) is 0.800. The zero-order chi connectivity index (χ0) is 11.1. The Morgan fingerprint density at radius 3 is 1.79 bits per heavy atom. The number of amidine groups is 1. The van der Waals surface area contributed by atoms with Gasteiger partial charge in [-0.25, -0.2) is 0 Å². The molecule has 0 aromatic carbocycles. The summed E-state index contributed by atoms with van der Waals surface area (Å²) in [5.74, 6) is 1.10. The van der Waals surface area contributed by atoms with Gasteiger partial charge in [0.05, 0.1) is 26.2 Å². The Bertz CT molecular complexity index is 214. The summed E-state index contributed by atoms with van der Waals surface area (Å²) in [6.45, 7) is 12.5. The Balaban J connectivity index is 5.08. The zero-order valence-corrected chi connectivity index (χ0v) is 11.3. The Labute approximate surface area is 98.4 Å².